The van der Waals surface area contributed by atoms with Crippen molar-refractivity contribution in [2.75, 3.05) is 32.8 Å². The van der Waals surface area contributed by atoms with Gasteiger partial charge in [0.05, 0.1) is 28.8 Å². The van der Waals surface area contributed by atoms with E-state index in [4.69, 9.17) is 14.5 Å². The summed E-state index contributed by atoms with van der Waals surface area (Å²) >= 11 is 1.77. The van der Waals surface area contributed by atoms with Crippen molar-refractivity contribution in [1.29, 1.82) is 0 Å². The van der Waals surface area contributed by atoms with E-state index in [-0.39, 0.29) is 18.0 Å². The molecule has 3 aromatic rings. The number of carbonyl (C=O) groups excluding carboxylic acids is 1. The summed E-state index contributed by atoms with van der Waals surface area (Å²) in [6.45, 7) is 3.39. The van der Waals surface area contributed by atoms with Crippen molar-refractivity contribution in [2.45, 2.75) is 44.2 Å². The first-order chi connectivity index (χ1) is 16.3. The Labute approximate surface area is 198 Å². The Morgan fingerprint density at radius 3 is 2.73 bits per heavy atom. The van der Waals surface area contributed by atoms with Gasteiger partial charge in [0.2, 0.25) is 5.91 Å². The fourth-order valence-electron chi connectivity index (χ4n) is 5.44. The highest BCUT2D eigenvalue weighted by molar-refractivity contribution is 7.18. The van der Waals surface area contributed by atoms with E-state index in [0.717, 1.165) is 66.4 Å². The number of fused-ring (bicyclic) bond motifs is 2. The minimum atomic E-state index is 0.110. The molecule has 172 valence electrons. The third kappa shape index (κ3) is 4.08. The minimum absolute atomic E-state index is 0.110. The second-order valence-corrected chi connectivity index (χ2v) is 10.2. The number of hydrogen-bond donors (Lipinski definition) is 0. The van der Waals surface area contributed by atoms with E-state index in [0.29, 0.717) is 19.8 Å². The van der Waals surface area contributed by atoms with Crippen LogP contribution in [0.3, 0.4) is 0 Å². The third-order valence-corrected chi connectivity index (χ3v) is 8.21. The van der Waals surface area contributed by atoms with Crippen LogP contribution in [0, 0.1) is 0 Å². The van der Waals surface area contributed by atoms with E-state index in [9.17, 15) is 4.79 Å². The van der Waals surface area contributed by atoms with Gasteiger partial charge in [0.1, 0.15) is 18.2 Å². The number of aromatic nitrogens is 1. The molecule has 1 aromatic heterocycles. The van der Waals surface area contributed by atoms with E-state index in [2.05, 4.69) is 40.1 Å². The van der Waals surface area contributed by atoms with Crippen molar-refractivity contribution in [3.05, 3.63) is 53.0 Å². The molecule has 2 atom stereocenters. The van der Waals surface area contributed by atoms with Gasteiger partial charge >= 0.3 is 0 Å². The number of carbonyl (C=O) groups is 1. The molecule has 0 radical (unpaired) electrons. The molecule has 0 bridgehead atoms. The predicted molar refractivity (Wildman–Crippen MR) is 129 cm³/mol. The van der Waals surface area contributed by atoms with Crippen LogP contribution in [0.1, 0.15) is 54.8 Å². The molecule has 3 aliphatic rings. The first-order valence-corrected chi connectivity index (χ1v) is 12.9. The second-order valence-electron chi connectivity index (χ2n) is 9.15. The zero-order valence-corrected chi connectivity index (χ0v) is 19.6. The quantitative estimate of drug-likeness (QED) is 0.548. The van der Waals surface area contributed by atoms with Gasteiger partial charge in [-0.25, -0.2) is 4.98 Å². The summed E-state index contributed by atoms with van der Waals surface area (Å²) in [5.74, 6) is 1.82. The average molecular weight is 464 g/mol. The fraction of sp³-hybridized carbons (Fsp3) is 0.462. The molecule has 7 heteroatoms. The second kappa shape index (κ2) is 8.95. The summed E-state index contributed by atoms with van der Waals surface area (Å²) in [6.07, 6.45) is 5.42. The van der Waals surface area contributed by atoms with Crippen molar-refractivity contribution < 1.29 is 14.3 Å². The summed E-state index contributed by atoms with van der Waals surface area (Å²) in [5, 5.41) is 1.15. The molecule has 33 heavy (non-hydrogen) atoms. The fourth-order valence-corrected chi connectivity index (χ4v) is 6.57. The Kier molecular flexibility index (Phi) is 5.68. The number of benzene rings is 2. The van der Waals surface area contributed by atoms with Crippen LogP contribution in [0.15, 0.2) is 42.5 Å². The van der Waals surface area contributed by atoms with Crippen LogP contribution in [0.4, 0.5) is 0 Å². The number of ether oxygens (including phenoxy) is 2. The van der Waals surface area contributed by atoms with Crippen LogP contribution in [-0.2, 0) is 4.79 Å². The van der Waals surface area contributed by atoms with Crippen molar-refractivity contribution in [3.8, 4) is 11.5 Å². The largest absolute Gasteiger partial charge is 0.486 e. The van der Waals surface area contributed by atoms with Gasteiger partial charge < -0.3 is 14.4 Å². The maximum absolute atomic E-state index is 13.5. The number of likely N-dealkylation sites (tertiary alicyclic amines) is 2. The van der Waals surface area contributed by atoms with Crippen molar-refractivity contribution >= 4 is 27.5 Å². The van der Waals surface area contributed by atoms with E-state index in [1.165, 1.54) is 11.1 Å². The highest BCUT2D eigenvalue weighted by Gasteiger charge is 2.34. The molecular formula is C26H29N3O3S. The summed E-state index contributed by atoms with van der Waals surface area (Å²) in [7, 11) is 0. The average Bonchev–Trinajstić information content (AvgIpc) is 3.51. The van der Waals surface area contributed by atoms with Gasteiger partial charge in [-0.1, -0.05) is 24.6 Å². The van der Waals surface area contributed by atoms with Crippen LogP contribution in [0.2, 0.25) is 0 Å². The molecule has 2 saturated heterocycles. The van der Waals surface area contributed by atoms with E-state index < -0.39 is 0 Å². The van der Waals surface area contributed by atoms with Gasteiger partial charge in [-0.3, -0.25) is 9.69 Å². The Bertz CT molecular complexity index is 1130. The summed E-state index contributed by atoms with van der Waals surface area (Å²) in [5.41, 5.74) is 2.21. The third-order valence-electron chi connectivity index (χ3n) is 7.07. The molecule has 2 fully saturated rings. The zero-order valence-electron chi connectivity index (χ0n) is 18.7. The number of piperidine rings is 1. The summed E-state index contributed by atoms with van der Waals surface area (Å²) in [4.78, 5) is 22.9. The molecule has 0 saturated carbocycles. The highest BCUT2D eigenvalue weighted by Crippen LogP contribution is 2.39. The van der Waals surface area contributed by atoms with Gasteiger partial charge in [-0.15, -0.1) is 11.3 Å². The maximum Gasteiger partial charge on any atom is 0.237 e. The molecule has 3 aliphatic heterocycles. The molecule has 0 unspecified atom stereocenters. The van der Waals surface area contributed by atoms with Crippen LogP contribution in [0.5, 0.6) is 11.5 Å². The Hall–Kier alpha value is -2.64. The Morgan fingerprint density at radius 1 is 0.970 bits per heavy atom. The Morgan fingerprint density at radius 2 is 1.82 bits per heavy atom. The smallest absolute Gasteiger partial charge is 0.237 e. The molecule has 6 nitrogen and oxygen atoms in total. The zero-order chi connectivity index (χ0) is 22.2. The molecule has 0 aliphatic carbocycles. The van der Waals surface area contributed by atoms with Gasteiger partial charge in [0.25, 0.3) is 0 Å². The number of rotatable bonds is 4. The van der Waals surface area contributed by atoms with E-state index in [1.807, 2.05) is 12.1 Å². The van der Waals surface area contributed by atoms with Crippen LogP contribution >= 0.6 is 11.3 Å². The van der Waals surface area contributed by atoms with Gasteiger partial charge in [-0.2, -0.15) is 0 Å². The summed E-state index contributed by atoms with van der Waals surface area (Å²) < 4.78 is 12.7. The predicted octanol–water partition coefficient (Wildman–Crippen LogP) is 4.96. The van der Waals surface area contributed by atoms with Crippen LogP contribution in [-0.4, -0.2) is 53.5 Å². The molecule has 4 heterocycles. The lowest BCUT2D eigenvalue weighted by molar-refractivity contribution is -0.134. The highest BCUT2D eigenvalue weighted by atomic mass is 32.1. The van der Waals surface area contributed by atoms with Crippen molar-refractivity contribution in [3.63, 3.8) is 0 Å². The number of hydrogen-bond acceptors (Lipinski definition) is 6. The van der Waals surface area contributed by atoms with Crippen LogP contribution < -0.4 is 9.47 Å². The molecule has 0 N–H and O–H groups in total. The number of nitrogens with zero attached hydrogens (tertiary/aromatic N) is 3. The standard InChI is InChI=1S/C26H29N3O3S/c30-25(29-13-5-8-20(29)18-10-11-22-23(16-18)32-15-14-31-22)17-28-12-4-3-7-21(28)26-27-19-6-1-2-9-24(19)33-26/h1-2,6,9-11,16,20-21H,3-5,7-8,12-15,17H2/t20-,21+/m0/s1. The molecule has 0 spiro atoms. The summed E-state index contributed by atoms with van der Waals surface area (Å²) in [6, 6.07) is 14.8. The normalized spacial score (nSPS) is 23.2. The Balaban J connectivity index is 1.20. The monoisotopic (exact) mass is 463 g/mol. The van der Waals surface area contributed by atoms with Gasteiger partial charge in [0, 0.05) is 6.54 Å². The first-order valence-electron chi connectivity index (χ1n) is 12.0. The molecule has 1 amide bonds. The lowest BCUT2D eigenvalue weighted by Gasteiger charge is -2.36. The van der Waals surface area contributed by atoms with Gasteiger partial charge in [0.15, 0.2) is 11.5 Å². The number of thiazole rings is 1. The molecule has 6 rings (SSSR count). The van der Waals surface area contributed by atoms with E-state index in [1.54, 1.807) is 11.3 Å². The SMILES string of the molecule is O=C(CN1CCCC[C@@H]1c1nc2ccccc2s1)N1CCC[C@H]1c1ccc2c(c1)OCCO2. The lowest BCUT2D eigenvalue weighted by atomic mass is 10.0. The number of para-hydroxylation sites is 1. The van der Waals surface area contributed by atoms with E-state index >= 15 is 0 Å². The minimum Gasteiger partial charge on any atom is -0.486 e. The van der Waals surface area contributed by atoms with Crippen LogP contribution in [0.25, 0.3) is 10.2 Å². The molecule has 2 aromatic carbocycles. The first kappa shape index (κ1) is 20.9. The maximum atomic E-state index is 13.5. The molecular weight excluding hydrogens is 434 g/mol. The van der Waals surface area contributed by atoms with Gasteiger partial charge in [-0.05, 0) is 62.1 Å². The van der Waals surface area contributed by atoms with Crippen molar-refractivity contribution in [1.82, 2.24) is 14.8 Å². The number of amides is 1. The van der Waals surface area contributed by atoms with Crippen molar-refractivity contribution in [2.24, 2.45) is 0 Å². The topological polar surface area (TPSA) is 54.9 Å². The lowest BCUT2D eigenvalue weighted by Crippen LogP contribution is -2.43.